The third-order valence-electron chi connectivity index (χ3n) is 2.88. The molecule has 0 fully saturated rings. The van der Waals surface area contributed by atoms with Gasteiger partial charge < -0.3 is 14.5 Å². The lowest BCUT2D eigenvalue weighted by molar-refractivity contribution is 0.363. The van der Waals surface area contributed by atoms with Crippen molar-refractivity contribution in [2.24, 2.45) is 0 Å². The van der Waals surface area contributed by atoms with Crippen LogP contribution < -0.4 is 9.47 Å². The summed E-state index contributed by atoms with van der Waals surface area (Å²) in [5.41, 5.74) is 1.98. The highest BCUT2D eigenvalue weighted by molar-refractivity contribution is 5.75. The highest BCUT2D eigenvalue weighted by Crippen LogP contribution is 2.32. The number of terminal acetylenes is 1. The van der Waals surface area contributed by atoms with Gasteiger partial charge in [-0.25, -0.2) is 15.0 Å². The monoisotopic (exact) mass is 280 g/mol. The smallest absolute Gasteiger partial charge is 0.197 e. The predicted molar refractivity (Wildman–Crippen MR) is 78.0 cm³/mol. The average molecular weight is 280 g/mol. The van der Waals surface area contributed by atoms with Crippen LogP contribution in [0.25, 0.3) is 22.7 Å². The van der Waals surface area contributed by atoms with Gasteiger partial charge in [0.2, 0.25) is 0 Å². The number of rotatable bonds is 4. The van der Waals surface area contributed by atoms with Gasteiger partial charge >= 0.3 is 0 Å². The second-order valence-corrected chi connectivity index (χ2v) is 4.17. The van der Waals surface area contributed by atoms with Gasteiger partial charge in [0, 0.05) is 18.5 Å². The first-order chi connectivity index (χ1) is 10.3. The lowest BCUT2D eigenvalue weighted by Crippen LogP contribution is -1.95. The molecule has 0 aliphatic heterocycles. The number of nitrogens with one attached hydrogen (secondary N) is 1. The Labute approximate surface area is 121 Å². The van der Waals surface area contributed by atoms with Crippen LogP contribution in [0.2, 0.25) is 0 Å². The van der Waals surface area contributed by atoms with Gasteiger partial charge in [-0.15, -0.1) is 6.42 Å². The molecule has 0 saturated heterocycles. The van der Waals surface area contributed by atoms with E-state index in [0.717, 1.165) is 5.56 Å². The molecule has 3 rings (SSSR count). The van der Waals surface area contributed by atoms with E-state index in [2.05, 4.69) is 25.9 Å². The minimum Gasteiger partial charge on any atom is -0.496 e. The van der Waals surface area contributed by atoms with Crippen molar-refractivity contribution in [3.05, 3.63) is 30.6 Å². The molecule has 0 unspecified atom stereocenters. The molecular formula is C15H12N4O2. The zero-order chi connectivity index (χ0) is 14.7. The molecule has 0 saturated carbocycles. The maximum Gasteiger partial charge on any atom is 0.197 e. The van der Waals surface area contributed by atoms with Crippen molar-refractivity contribution >= 4 is 11.3 Å². The molecule has 0 radical (unpaired) electrons. The second-order valence-electron chi connectivity index (χ2n) is 4.17. The number of methoxy groups -OCH3 is 1. The quantitative estimate of drug-likeness (QED) is 0.740. The van der Waals surface area contributed by atoms with E-state index in [1.807, 2.05) is 12.1 Å². The van der Waals surface area contributed by atoms with Crippen molar-refractivity contribution in [3.63, 3.8) is 0 Å². The normalized spacial score (nSPS) is 10.3. The first kappa shape index (κ1) is 12.9. The third kappa shape index (κ3) is 2.49. The highest BCUT2D eigenvalue weighted by atomic mass is 16.5. The minimum absolute atomic E-state index is 0.209. The van der Waals surface area contributed by atoms with Crippen molar-refractivity contribution in [1.82, 2.24) is 19.9 Å². The van der Waals surface area contributed by atoms with Crippen LogP contribution in [0.3, 0.4) is 0 Å². The maximum atomic E-state index is 5.38. The number of hydrogen-bond donors (Lipinski definition) is 1. The van der Waals surface area contributed by atoms with Crippen LogP contribution in [-0.2, 0) is 0 Å². The van der Waals surface area contributed by atoms with Crippen molar-refractivity contribution in [2.45, 2.75) is 0 Å². The molecule has 2 heterocycles. The summed E-state index contributed by atoms with van der Waals surface area (Å²) in [5.74, 6) is 4.32. The summed E-state index contributed by atoms with van der Waals surface area (Å²) < 4.78 is 10.8. The fourth-order valence-electron chi connectivity index (χ4n) is 1.96. The molecule has 0 amide bonds. The molecule has 2 aromatic heterocycles. The molecule has 0 atom stereocenters. The standard InChI is InChI=1S/C15H12N4O2/c1-3-8-21-10-4-5-11(12(9-10)20-2)13-18-14-15(19-13)17-7-6-16-14/h1,4-7,9H,8H2,2H3,(H,16,17,18,19). The van der Waals surface area contributed by atoms with Gasteiger partial charge in [-0.1, -0.05) is 5.92 Å². The Morgan fingerprint density at radius 2 is 2.14 bits per heavy atom. The van der Waals surface area contributed by atoms with Crippen LogP contribution in [0.15, 0.2) is 30.6 Å². The Balaban J connectivity index is 2.03. The first-order valence-corrected chi connectivity index (χ1v) is 6.23. The first-order valence-electron chi connectivity index (χ1n) is 6.23. The van der Waals surface area contributed by atoms with Crippen LogP contribution >= 0.6 is 0 Å². The Hall–Kier alpha value is -3.07. The van der Waals surface area contributed by atoms with Gasteiger partial charge in [-0.05, 0) is 12.1 Å². The van der Waals surface area contributed by atoms with Crippen molar-refractivity contribution < 1.29 is 9.47 Å². The molecule has 0 aliphatic carbocycles. The minimum atomic E-state index is 0.209. The number of aromatic amines is 1. The lowest BCUT2D eigenvalue weighted by Gasteiger charge is -2.09. The van der Waals surface area contributed by atoms with Crippen LogP contribution in [-0.4, -0.2) is 33.7 Å². The van der Waals surface area contributed by atoms with Crippen LogP contribution in [0.4, 0.5) is 0 Å². The molecule has 3 aromatic rings. The number of hydrogen-bond acceptors (Lipinski definition) is 5. The number of fused-ring (bicyclic) bond motifs is 1. The van der Waals surface area contributed by atoms with Crippen LogP contribution in [0, 0.1) is 12.3 Å². The van der Waals surface area contributed by atoms with Gasteiger partial charge in [0.1, 0.15) is 23.9 Å². The van der Waals surface area contributed by atoms with E-state index in [1.54, 1.807) is 25.6 Å². The van der Waals surface area contributed by atoms with Crippen molar-refractivity contribution in [3.8, 4) is 35.2 Å². The van der Waals surface area contributed by atoms with E-state index >= 15 is 0 Å². The van der Waals surface area contributed by atoms with Crippen molar-refractivity contribution in [1.29, 1.82) is 0 Å². The molecule has 1 aromatic carbocycles. The van der Waals surface area contributed by atoms with Gasteiger partial charge in [-0.2, -0.15) is 0 Å². The van der Waals surface area contributed by atoms with Crippen molar-refractivity contribution in [2.75, 3.05) is 13.7 Å². The molecule has 0 bridgehead atoms. The fourth-order valence-corrected chi connectivity index (χ4v) is 1.96. The Kier molecular flexibility index (Phi) is 3.39. The SMILES string of the molecule is C#CCOc1ccc(-c2nc3nccnc3[nH]2)c(OC)c1. The summed E-state index contributed by atoms with van der Waals surface area (Å²) in [5, 5.41) is 0. The topological polar surface area (TPSA) is 72.9 Å². The van der Waals surface area contributed by atoms with Gasteiger partial charge in [-0.3, -0.25) is 0 Å². The summed E-state index contributed by atoms with van der Waals surface area (Å²) in [6.45, 7) is 0.209. The fraction of sp³-hybridized carbons (Fsp3) is 0.133. The summed E-state index contributed by atoms with van der Waals surface area (Å²) in [4.78, 5) is 15.8. The molecule has 6 nitrogen and oxygen atoms in total. The zero-order valence-electron chi connectivity index (χ0n) is 11.3. The van der Waals surface area contributed by atoms with E-state index < -0.39 is 0 Å². The van der Waals surface area contributed by atoms with E-state index in [-0.39, 0.29) is 6.61 Å². The maximum absolute atomic E-state index is 5.38. The molecule has 104 valence electrons. The molecule has 6 heteroatoms. The number of imidazole rings is 1. The number of ether oxygens (including phenoxy) is 2. The zero-order valence-corrected chi connectivity index (χ0v) is 11.3. The van der Waals surface area contributed by atoms with E-state index in [9.17, 15) is 0 Å². The summed E-state index contributed by atoms with van der Waals surface area (Å²) >= 11 is 0. The summed E-state index contributed by atoms with van der Waals surface area (Å²) in [7, 11) is 1.59. The Morgan fingerprint density at radius 3 is 2.90 bits per heavy atom. The van der Waals surface area contributed by atoms with Gasteiger partial charge in [0.05, 0.1) is 12.7 Å². The predicted octanol–water partition coefficient (Wildman–Crippen LogP) is 2.04. The van der Waals surface area contributed by atoms with E-state index in [4.69, 9.17) is 15.9 Å². The Bertz CT molecular complexity index is 787. The van der Waals surface area contributed by atoms with Crippen LogP contribution in [0.5, 0.6) is 11.5 Å². The second kappa shape index (κ2) is 5.51. The lowest BCUT2D eigenvalue weighted by atomic mass is 10.2. The number of nitrogens with zero attached hydrogens (tertiary/aromatic N) is 3. The van der Waals surface area contributed by atoms with Gasteiger partial charge in [0.15, 0.2) is 11.3 Å². The van der Waals surface area contributed by atoms with Gasteiger partial charge in [0.25, 0.3) is 0 Å². The number of H-pyrrole nitrogens is 1. The molecule has 0 aliphatic rings. The van der Waals surface area contributed by atoms with Crippen LogP contribution in [0.1, 0.15) is 0 Å². The molecule has 0 spiro atoms. The third-order valence-corrected chi connectivity index (χ3v) is 2.88. The number of aromatic nitrogens is 4. The summed E-state index contributed by atoms with van der Waals surface area (Å²) in [6, 6.07) is 5.42. The largest absolute Gasteiger partial charge is 0.496 e. The average Bonchev–Trinajstić information content (AvgIpc) is 2.96. The molecule has 21 heavy (non-hydrogen) atoms. The van der Waals surface area contributed by atoms with E-state index in [0.29, 0.717) is 28.6 Å². The molecule has 1 N–H and O–H groups in total. The highest BCUT2D eigenvalue weighted by Gasteiger charge is 2.12. The summed E-state index contributed by atoms with van der Waals surface area (Å²) in [6.07, 6.45) is 8.38. The number of benzene rings is 1. The Morgan fingerprint density at radius 1 is 1.29 bits per heavy atom. The molecular weight excluding hydrogens is 268 g/mol. The van der Waals surface area contributed by atoms with E-state index in [1.165, 1.54) is 0 Å².